The number of rotatable bonds is 10. The van der Waals surface area contributed by atoms with E-state index in [0.717, 1.165) is 5.56 Å². The van der Waals surface area contributed by atoms with E-state index in [1.807, 2.05) is 30.3 Å². The first-order valence-electron chi connectivity index (χ1n) is 10.5. The van der Waals surface area contributed by atoms with Crippen LogP contribution < -0.4 is 5.32 Å². The maximum Gasteiger partial charge on any atom is 0.408 e. The molecule has 1 aromatic rings. The Bertz CT molecular complexity index is 724. The number of alkyl carbamates (subject to hydrolysis) is 1. The lowest BCUT2D eigenvalue weighted by molar-refractivity contribution is -0.157. The molecule has 176 valence electrons. The quantitative estimate of drug-likeness (QED) is 0.533. The van der Waals surface area contributed by atoms with Crippen LogP contribution in [0.25, 0.3) is 0 Å². The minimum atomic E-state index is -1.19. The molecule has 1 N–H and O–H groups in total. The molecule has 0 fully saturated rings. The SMILES string of the molecule is COC(CCS(=O)CCC(NC(=O)OC(C)(C)C)C(=O)OC(C)(C)C)c1ccccc1. The van der Waals surface area contributed by atoms with Gasteiger partial charge in [0.1, 0.15) is 17.2 Å². The standard InChI is InChI=1S/C23H37NO6S/c1-22(2,3)29-20(25)18(24-21(26)30-23(4,5)6)13-15-31(27)16-14-19(28-7)17-11-9-8-10-12-17/h8-12,18-19H,13-16H2,1-7H3,(H,24,26). The second kappa shape index (κ2) is 12.2. The van der Waals surface area contributed by atoms with Gasteiger partial charge < -0.3 is 19.5 Å². The zero-order valence-corrected chi connectivity index (χ0v) is 20.5. The van der Waals surface area contributed by atoms with Crippen molar-refractivity contribution >= 4 is 22.9 Å². The first-order chi connectivity index (χ1) is 14.3. The van der Waals surface area contributed by atoms with Crippen molar-refractivity contribution in [1.82, 2.24) is 5.32 Å². The molecule has 3 unspecified atom stereocenters. The van der Waals surface area contributed by atoms with E-state index in [0.29, 0.717) is 12.2 Å². The Morgan fingerprint density at radius 2 is 1.48 bits per heavy atom. The Morgan fingerprint density at radius 1 is 0.935 bits per heavy atom. The van der Waals surface area contributed by atoms with Gasteiger partial charge in [-0.3, -0.25) is 4.21 Å². The molecular formula is C23H37NO6S. The lowest BCUT2D eigenvalue weighted by Gasteiger charge is -2.26. The van der Waals surface area contributed by atoms with Crippen LogP contribution in [0, 0.1) is 0 Å². The van der Waals surface area contributed by atoms with Crippen LogP contribution in [-0.4, -0.2) is 52.1 Å². The smallest absolute Gasteiger partial charge is 0.408 e. The summed E-state index contributed by atoms with van der Waals surface area (Å²) in [5.41, 5.74) is -0.371. The molecule has 3 atom stereocenters. The second-order valence-corrected chi connectivity index (χ2v) is 11.0. The Hall–Kier alpha value is -1.93. The van der Waals surface area contributed by atoms with Gasteiger partial charge in [0.05, 0.1) is 6.10 Å². The summed E-state index contributed by atoms with van der Waals surface area (Å²) >= 11 is 0. The van der Waals surface area contributed by atoms with Crippen molar-refractivity contribution in [1.29, 1.82) is 0 Å². The third-order valence-corrected chi connectivity index (χ3v) is 5.46. The van der Waals surface area contributed by atoms with Crippen molar-refractivity contribution in [2.75, 3.05) is 18.6 Å². The Labute approximate surface area is 188 Å². The number of carbonyl (C=O) groups is 2. The molecule has 0 aliphatic heterocycles. The number of hydrogen-bond donors (Lipinski definition) is 1. The summed E-state index contributed by atoms with van der Waals surface area (Å²) in [7, 11) is 0.439. The predicted octanol–water partition coefficient (Wildman–Crippen LogP) is 4.14. The molecule has 1 rings (SSSR count). The molecule has 0 spiro atoms. The molecule has 0 radical (unpaired) electrons. The van der Waals surface area contributed by atoms with Gasteiger partial charge in [0.25, 0.3) is 0 Å². The van der Waals surface area contributed by atoms with Gasteiger partial charge >= 0.3 is 12.1 Å². The molecule has 1 aromatic carbocycles. The van der Waals surface area contributed by atoms with Crippen LogP contribution >= 0.6 is 0 Å². The topological polar surface area (TPSA) is 90.9 Å². The Balaban J connectivity index is 2.67. The van der Waals surface area contributed by atoms with Gasteiger partial charge in [-0.15, -0.1) is 0 Å². The van der Waals surface area contributed by atoms with Crippen molar-refractivity contribution in [3.63, 3.8) is 0 Å². The summed E-state index contributed by atoms with van der Waals surface area (Å²) in [6.07, 6.45) is -0.0858. The van der Waals surface area contributed by atoms with E-state index in [2.05, 4.69) is 5.32 Å². The molecule has 7 nitrogen and oxygen atoms in total. The van der Waals surface area contributed by atoms with Gasteiger partial charge in [0, 0.05) is 29.4 Å². The molecule has 0 saturated heterocycles. The lowest BCUT2D eigenvalue weighted by Crippen LogP contribution is -2.46. The van der Waals surface area contributed by atoms with Gasteiger partial charge in [-0.1, -0.05) is 30.3 Å². The van der Waals surface area contributed by atoms with E-state index in [-0.39, 0.29) is 18.3 Å². The summed E-state index contributed by atoms with van der Waals surface area (Å²) in [5, 5.41) is 2.56. The number of benzene rings is 1. The van der Waals surface area contributed by atoms with Crippen molar-refractivity contribution in [2.24, 2.45) is 0 Å². The second-order valence-electron chi connectivity index (χ2n) is 9.29. The van der Waals surface area contributed by atoms with Crippen LogP contribution in [-0.2, 0) is 29.8 Å². The van der Waals surface area contributed by atoms with Gasteiger partial charge in [0.15, 0.2) is 0 Å². The van der Waals surface area contributed by atoms with Crippen LogP contribution in [0.3, 0.4) is 0 Å². The highest BCUT2D eigenvalue weighted by molar-refractivity contribution is 7.84. The fourth-order valence-corrected chi connectivity index (χ4v) is 3.93. The Morgan fingerprint density at radius 3 is 2.00 bits per heavy atom. The lowest BCUT2D eigenvalue weighted by atomic mass is 10.1. The molecule has 0 aliphatic carbocycles. The first kappa shape index (κ1) is 27.1. The fraction of sp³-hybridized carbons (Fsp3) is 0.652. The molecule has 0 aromatic heterocycles. The molecule has 0 aliphatic rings. The van der Waals surface area contributed by atoms with Crippen LogP contribution in [0.4, 0.5) is 4.79 Å². The summed E-state index contributed by atoms with van der Waals surface area (Å²) in [4.78, 5) is 24.7. The van der Waals surface area contributed by atoms with Gasteiger partial charge in [-0.2, -0.15) is 0 Å². The van der Waals surface area contributed by atoms with Crippen LogP contribution in [0.1, 0.15) is 66.1 Å². The predicted molar refractivity (Wildman–Crippen MR) is 122 cm³/mol. The molecular weight excluding hydrogens is 418 g/mol. The fourth-order valence-electron chi connectivity index (χ4n) is 2.75. The summed E-state index contributed by atoms with van der Waals surface area (Å²) in [5.74, 6) is 0.0839. The minimum absolute atomic E-state index is 0.147. The summed E-state index contributed by atoms with van der Waals surface area (Å²) in [6, 6.07) is 8.81. The van der Waals surface area contributed by atoms with Gasteiger partial charge in [-0.25, -0.2) is 9.59 Å². The monoisotopic (exact) mass is 455 g/mol. The average molecular weight is 456 g/mol. The van der Waals surface area contributed by atoms with E-state index in [1.165, 1.54) is 0 Å². The number of methoxy groups -OCH3 is 1. The number of carbonyl (C=O) groups excluding carboxylic acids is 2. The summed E-state index contributed by atoms with van der Waals surface area (Å²) in [6.45, 7) is 10.5. The van der Waals surface area contributed by atoms with Crippen LogP contribution in [0.15, 0.2) is 30.3 Å². The maximum absolute atomic E-state index is 12.6. The van der Waals surface area contributed by atoms with E-state index in [4.69, 9.17) is 14.2 Å². The van der Waals surface area contributed by atoms with Crippen LogP contribution in [0.5, 0.6) is 0 Å². The number of nitrogens with one attached hydrogen (secondary N) is 1. The van der Waals surface area contributed by atoms with Crippen molar-refractivity contribution in [3.8, 4) is 0 Å². The van der Waals surface area contributed by atoms with Crippen molar-refractivity contribution in [3.05, 3.63) is 35.9 Å². The summed E-state index contributed by atoms with van der Waals surface area (Å²) < 4.78 is 28.8. The van der Waals surface area contributed by atoms with Crippen LogP contribution in [0.2, 0.25) is 0 Å². The molecule has 0 saturated carbocycles. The Kier molecular flexibility index (Phi) is 10.7. The number of esters is 1. The number of hydrogen-bond acceptors (Lipinski definition) is 6. The third-order valence-electron chi connectivity index (χ3n) is 4.08. The molecule has 1 amide bonds. The van der Waals surface area contributed by atoms with Gasteiger partial charge in [0.2, 0.25) is 0 Å². The molecule has 31 heavy (non-hydrogen) atoms. The number of amides is 1. The average Bonchev–Trinajstić information content (AvgIpc) is 2.63. The normalized spacial score (nSPS) is 14.9. The molecule has 0 bridgehead atoms. The van der Waals surface area contributed by atoms with Crippen molar-refractivity contribution in [2.45, 2.75) is 77.7 Å². The molecule has 8 heteroatoms. The zero-order chi connectivity index (χ0) is 23.7. The highest BCUT2D eigenvalue weighted by Crippen LogP contribution is 2.20. The highest BCUT2D eigenvalue weighted by atomic mass is 32.2. The van der Waals surface area contributed by atoms with E-state index >= 15 is 0 Å². The largest absolute Gasteiger partial charge is 0.458 e. The minimum Gasteiger partial charge on any atom is -0.458 e. The molecule has 0 heterocycles. The highest BCUT2D eigenvalue weighted by Gasteiger charge is 2.29. The zero-order valence-electron chi connectivity index (χ0n) is 19.7. The van der Waals surface area contributed by atoms with Gasteiger partial charge in [-0.05, 0) is 59.9 Å². The first-order valence-corrected chi connectivity index (χ1v) is 11.9. The van der Waals surface area contributed by atoms with E-state index in [1.54, 1.807) is 48.7 Å². The van der Waals surface area contributed by atoms with Crippen molar-refractivity contribution < 1.29 is 28.0 Å². The third kappa shape index (κ3) is 11.9. The number of ether oxygens (including phenoxy) is 3. The maximum atomic E-state index is 12.6. The van der Waals surface area contributed by atoms with E-state index < -0.39 is 40.1 Å². The van der Waals surface area contributed by atoms with E-state index in [9.17, 15) is 13.8 Å².